The van der Waals surface area contributed by atoms with Crippen LogP contribution >= 0.6 is 0 Å². The van der Waals surface area contributed by atoms with Crippen molar-refractivity contribution in [1.82, 2.24) is 0 Å². The lowest BCUT2D eigenvalue weighted by Crippen LogP contribution is -2.17. The van der Waals surface area contributed by atoms with Crippen LogP contribution in [0.4, 0.5) is 13.2 Å². The number of carbonyl (C=O) groups is 1. The number of phenolic OH excluding ortho intramolecular Hbond substituents is 1. The topological polar surface area (TPSA) is 55.8 Å². The summed E-state index contributed by atoms with van der Waals surface area (Å²) in [5.41, 5.74) is 0. The summed E-state index contributed by atoms with van der Waals surface area (Å²) < 4.78 is 43.7. The Balaban J connectivity index is 2.95. The fourth-order valence-corrected chi connectivity index (χ4v) is 0.930. The summed E-state index contributed by atoms with van der Waals surface area (Å²) in [6, 6.07) is 2.84. The van der Waals surface area contributed by atoms with Gasteiger partial charge in [0.05, 0.1) is 0 Å². The van der Waals surface area contributed by atoms with E-state index >= 15 is 0 Å². The van der Waals surface area contributed by atoms with Crippen LogP contribution < -0.4 is 9.47 Å². The number of aromatic hydroxyl groups is 1. The maximum absolute atomic E-state index is 11.9. The second-order valence-corrected chi connectivity index (χ2v) is 2.77. The molecule has 88 valence electrons. The summed E-state index contributed by atoms with van der Waals surface area (Å²) in [4.78, 5) is 10.5. The molecule has 0 radical (unpaired) electrons. The van der Waals surface area contributed by atoms with E-state index < -0.39 is 23.8 Å². The van der Waals surface area contributed by atoms with Gasteiger partial charge in [-0.1, -0.05) is 0 Å². The molecule has 0 unspecified atom stereocenters. The summed E-state index contributed by atoms with van der Waals surface area (Å²) in [5.74, 6) is -2.37. The van der Waals surface area contributed by atoms with Crippen LogP contribution in [-0.4, -0.2) is 17.4 Å². The third-order valence-corrected chi connectivity index (χ3v) is 1.42. The Hall–Kier alpha value is -1.92. The van der Waals surface area contributed by atoms with Gasteiger partial charge in [0.1, 0.15) is 5.75 Å². The molecular weight excluding hydrogens is 229 g/mol. The van der Waals surface area contributed by atoms with Gasteiger partial charge < -0.3 is 14.6 Å². The average molecular weight is 236 g/mol. The molecule has 7 heteroatoms. The third-order valence-electron chi connectivity index (χ3n) is 1.42. The molecule has 0 aliphatic rings. The Morgan fingerprint density at radius 1 is 1.38 bits per heavy atom. The SMILES string of the molecule is CC(=O)Oc1ccc(O)c(OC(F)(F)F)c1. The minimum absolute atomic E-state index is 0.149. The lowest BCUT2D eigenvalue weighted by Gasteiger charge is -2.11. The number of carbonyl (C=O) groups excluding carboxylic acids is 1. The smallest absolute Gasteiger partial charge is 0.504 e. The summed E-state index contributed by atoms with van der Waals surface area (Å²) in [6.07, 6.45) is -4.92. The van der Waals surface area contributed by atoms with Gasteiger partial charge in [-0.25, -0.2) is 0 Å². The summed E-state index contributed by atoms with van der Waals surface area (Å²) in [5, 5.41) is 9.07. The largest absolute Gasteiger partial charge is 0.573 e. The van der Waals surface area contributed by atoms with Crippen molar-refractivity contribution in [3.63, 3.8) is 0 Å². The summed E-state index contributed by atoms with van der Waals surface area (Å²) in [7, 11) is 0. The Bertz CT molecular complexity index is 400. The van der Waals surface area contributed by atoms with Gasteiger partial charge in [0, 0.05) is 13.0 Å². The van der Waals surface area contributed by atoms with Gasteiger partial charge in [-0.3, -0.25) is 4.79 Å². The highest BCUT2D eigenvalue weighted by molar-refractivity contribution is 5.69. The molecule has 0 amide bonds. The maximum atomic E-state index is 11.9. The summed E-state index contributed by atoms with van der Waals surface area (Å²) >= 11 is 0. The number of halogens is 3. The van der Waals surface area contributed by atoms with E-state index in [1.54, 1.807) is 0 Å². The van der Waals surface area contributed by atoms with Crippen molar-refractivity contribution in [2.24, 2.45) is 0 Å². The monoisotopic (exact) mass is 236 g/mol. The molecule has 4 nitrogen and oxygen atoms in total. The van der Waals surface area contributed by atoms with Gasteiger partial charge >= 0.3 is 12.3 Å². The van der Waals surface area contributed by atoms with Crippen molar-refractivity contribution >= 4 is 5.97 Å². The standard InChI is InChI=1S/C9H7F3O4/c1-5(13)15-6-2-3-7(14)8(4-6)16-9(10,11)12/h2-4,14H,1H3. The van der Waals surface area contributed by atoms with Crippen LogP contribution in [0.2, 0.25) is 0 Å². The van der Waals surface area contributed by atoms with Crippen LogP contribution in [0.15, 0.2) is 18.2 Å². The Labute approximate surface area is 88.2 Å². The van der Waals surface area contributed by atoms with Crippen LogP contribution in [0.1, 0.15) is 6.92 Å². The van der Waals surface area contributed by atoms with Crippen molar-refractivity contribution in [2.45, 2.75) is 13.3 Å². The number of hydrogen-bond donors (Lipinski definition) is 1. The average Bonchev–Trinajstić information content (AvgIpc) is 2.07. The third kappa shape index (κ3) is 3.68. The molecule has 0 aliphatic heterocycles. The van der Waals surface area contributed by atoms with E-state index in [1.807, 2.05) is 0 Å². The molecule has 0 aliphatic carbocycles. The van der Waals surface area contributed by atoms with Crippen LogP contribution in [-0.2, 0) is 4.79 Å². The molecule has 0 saturated heterocycles. The first-order valence-electron chi connectivity index (χ1n) is 4.05. The molecular formula is C9H7F3O4. The highest BCUT2D eigenvalue weighted by atomic mass is 19.4. The number of ether oxygens (including phenoxy) is 2. The summed E-state index contributed by atoms with van der Waals surface area (Å²) in [6.45, 7) is 1.09. The van der Waals surface area contributed by atoms with E-state index in [1.165, 1.54) is 0 Å². The molecule has 0 fully saturated rings. The lowest BCUT2D eigenvalue weighted by atomic mass is 10.3. The minimum atomic E-state index is -4.92. The molecule has 16 heavy (non-hydrogen) atoms. The molecule has 1 N–H and O–H groups in total. The van der Waals surface area contributed by atoms with E-state index in [2.05, 4.69) is 9.47 Å². The zero-order chi connectivity index (χ0) is 12.3. The highest BCUT2D eigenvalue weighted by Gasteiger charge is 2.32. The van der Waals surface area contributed by atoms with Crippen molar-refractivity contribution in [2.75, 3.05) is 0 Å². The Morgan fingerprint density at radius 2 is 2.00 bits per heavy atom. The zero-order valence-electron chi connectivity index (χ0n) is 8.04. The molecule has 0 atom stereocenters. The van der Waals surface area contributed by atoms with Gasteiger partial charge in [0.2, 0.25) is 0 Å². The van der Waals surface area contributed by atoms with Crippen molar-refractivity contribution in [3.05, 3.63) is 18.2 Å². The molecule has 0 heterocycles. The first kappa shape index (κ1) is 12.2. The minimum Gasteiger partial charge on any atom is -0.504 e. The first-order chi connectivity index (χ1) is 7.28. The van der Waals surface area contributed by atoms with Crippen molar-refractivity contribution in [3.8, 4) is 17.2 Å². The van der Waals surface area contributed by atoms with Crippen LogP contribution in [0, 0.1) is 0 Å². The van der Waals surface area contributed by atoms with Gasteiger partial charge in [0.25, 0.3) is 0 Å². The molecule has 0 spiro atoms. The number of esters is 1. The van der Waals surface area contributed by atoms with Gasteiger partial charge in [0.15, 0.2) is 11.5 Å². The van der Waals surface area contributed by atoms with Gasteiger partial charge in [-0.05, 0) is 12.1 Å². The predicted molar refractivity (Wildman–Crippen MR) is 46.1 cm³/mol. The number of rotatable bonds is 2. The molecule has 0 saturated carbocycles. The zero-order valence-corrected chi connectivity index (χ0v) is 8.04. The van der Waals surface area contributed by atoms with Crippen molar-refractivity contribution in [1.29, 1.82) is 0 Å². The molecule has 1 aromatic carbocycles. The normalized spacial score (nSPS) is 11.0. The fourth-order valence-electron chi connectivity index (χ4n) is 0.930. The van der Waals surface area contributed by atoms with Crippen molar-refractivity contribution < 1.29 is 32.5 Å². The number of phenols is 1. The van der Waals surface area contributed by atoms with E-state index in [4.69, 9.17) is 5.11 Å². The van der Waals surface area contributed by atoms with E-state index in [9.17, 15) is 18.0 Å². The van der Waals surface area contributed by atoms with Crippen LogP contribution in [0.25, 0.3) is 0 Å². The van der Waals surface area contributed by atoms with Crippen LogP contribution in [0.5, 0.6) is 17.2 Å². The number of benzene rings is 1. The number of hydrogen-bond acceptors (Lipinski definition) is 4. The van der Waals surface area contributed by atoms with E-state index in [0.717, 1.165) is 25.1 Å². The quantitative estimate of drug-likeness (QED) is 0.631. The lowest BCUT2D eigenvalue weighted by molar-refractivity contribution is -0.275. The first-order valence-corrected chi connectivity index (χ1v) is 4.05. The molecule has 1 rings (SSSR count). The molecule has 0 bridgehead atoms. The fraction of sp³-hybridized carbons (Fsp3) is 0.222. The Kier molecular flexibility index (Phi) is 3.26. The molecule has 1 aromatic rings. The number of alkyl halides is 3. The van der Waals surface area contributed by atoms with E-state index in [-0.39, 0.29) is 5.75 Å². The van der Waals surface area contributed by atoms with Gasteiger partial charge in [-0.15, -0.1) is 13.2 Å². The highest BCUT2D eigenvalue weighted by Crippen LogP contribution is 2.34. The van der Waals surface area contributed by atoms with Gasteiger partial charge in [-0.2, -0.15) is 0 Å². The van der Waals surface area contributed by atoms with Crippen LogP contribution in [0.3, 0.4) is 0 Å². The predicted octanol–water partition coefficient (Wildman–Crippen LogP) is 2.22. The maximum Gasteiger partial charge on any atom is 0.573 e. The second kappa shape index (κ2) is 4.30. The van der Waals surface area contributed by atoms with E-state index in [0.29, 0.717) is 0 Å². The Morgan fingerprint density at radius 3 is 2.50 bits per heavy atom. The second-order valence-electron chi connectivity index (χ2n) is 2.77. The molecule has 0 aromatic heterocycles.